The summed E-state index contributed by atoms with van der Waals surface area (Å²) in [6.07, 6.45) is 2.00. The molecule has 0 aliphatic carbocycles. The molecule has 0 spiro atoms. The summed E-state index contributed by atoms with van der Waals surface area (Å²) in [5.74, 6) is 0.0344. The van der Waals surface area contributed by atoms with Gasteiger partial charge in [0.1, 0.15) is 5.75 Å². The molecule has 0 radical (unpaired) electrons. The minimum absolute atomic E-state index is 0.477. The lowest BCUT2D eigenvalue weighted by molar-refractivity contribution is -0.128. The number of fused-ring (bicyclic) bond motifs is 1. The first-order chi connectivity index (χ1) is 14.7. The first kappa shape index (κ1) is 19.8. The Labute approximate surface area is 180 Å². The number of carbonyl (C=O) groups is 1. The van der Waals surface area contributed by atoms with Crippen molar-refractivity contribution < 1.29 is 9.53 Å². The van der Waals surface area contributed by atoms with Gasteiger partial charge in [-0.05, 0) is 46.9 Å². The Hall–Kier alpha value is -3.50. The first-order valence-electron chi connectivity index (χ1n) is 9.77. The predicted octanol–water partition coefficient (Wildman–Crippen LogP) is 6.76. The molecule has 1 aromatic heterocycles. The van der Waals surface area contributed by atoms with Gasteiger partial charge in [0.2, 0.25) is 0 Å². The van der Waals surface area contributed by atoms with E-state index in [2.05, 4.69) is 48.8 Å². The quantitative estimate of drug-likeness (QED) is 0.152. The summed E-state index contributed by atoms with van der Waals surface area (Å²) in [6.45, 7) is 5.66. The van der Waals surface area contributed by atoms with E-state index < -0.39 is 5.97 Å². The molecular formula is C26H21NO2S. The second-order valence-electron chi connectivity index (χ2n) is 6.73. The van der Waals surface area contributed by atoms with Crippen LogP contribution >= 0.6 is 11.3 Å². The van der Waals surface area contributed by atoms with Crippen molar-refractivity contribution in [3.8, 4) is 5.75 Å². The Balaban J connectivity index is 2.01. The molecule has 3 aromatic carbocycles. The number of allylic oxidation sites excluding steroid dienone is 1. The largest absolute Gasteiger partial charge is 0.423 e. The van der Waals surface area contributed by atoms with Crippen LogP contribution in [0.15, 0.2) is 91.0 Å². The average Bonchev–Trinajstić information content (AvgIpc) is 3.26. The highest BCUT2D eigenvalue weighted by atomic mass is 32.1. The van der Waals surface area contributed by atoms with Crippen molar-refractivity contribution in [2.75, 3.05) is 0 Å². The van der Waals surface area contributed by atoms with Gasteiger partial charge in [-0.25, -0.2) is 9.78 Å². The zero-order valence-corrected chi connectivity index (χ0v) is 17.5. The third-order valence-corrected chi connectivity index (χ3v) is 5.74. The summed E-state index contributed by atoms with van der Waals surface area (Å²) in [5.41, 5.74) is 8.06. The maximum Gasteiger partial charge on any atom is 0.335 e. The van der Waals surface area contributed by atoms with Gasteiger partial charge in [0.25, 0.3) is 0 Å². The average molecular weight is 412 g/mol. The lowest BCUT2D eigenvalue weighted by Gasteiger charge is -2.18. The van der Waals surface area contributed by atoms with Crippen molar-refractivity contribution >= 4 is 38.7 Å². The Bertz CT molecular complexity index is 1240. The van der Waals surface area contributed by atoms with Crippen molar-refractivity contribution in [2.45, 2.75) is 13.3 Å². The number of benzene rings is 3. The minimum Gasteiger partial charge on any atom is -0.423 e. The third kappa shape index (κ3) is 3.95. The molecule has 4 aromatic rings. The van der Waals surface area contributed by atoms with Crippen LogP contribution in [0, 0.1) is 0 Å². The zero-order chi connectivity index (χ0) is 20.9. The van der Waals surface area contributed by atoms with E-state index in [1.807, 2.05) is 48.0 Å². The van der Waals surface area contributed by atoms with Crippen LogP contribution in [0.25, 0.3) is 21.4 Å². The molecule has 1 heterocycles. The Morgan fingerprint density at radius 2 is 1.80 bits per heavy atom. The lowest BCUT2D eigenvalue weighted by Crippen LogP contribution is -2.06. The smallest absolute Gasteiger partial charge is 0.335 e. The maximum atomic E-state index is 12.0. The second-order valence-corrected chi connectivity index (χ2v) is 7.62. The molecular weight excluding hydrogens is 390 g/mol. The highest BCUT2D eigenvalue weighted by molar-refractivity contribution is 7.16. The van der Waals surface area contributed by atoms with Gasteiger partial charge in [-0.2, -0.15) is 0 Å². The van der Waals surface area contributed by atoms with Crippen LogP contribution in [-0.4, -0.2) is 11.0 Å². The third-order valence-electron chi connectivity index (χ3n) is 4.93. The fourth-order valence-electron chi connectivity index (χ4n) is 3.58. The standard InChI is InChI=1S/C26H21NO2S/c1-3-20(18-10-6-5-7-11-18)26(19-14-15-24-22(16-19)27-17-30-24)21-12-8-9-13-23(21)29-25(28)4-2/h4-17H,2-3H2,1H3/b26-20+. The molecule has 0 unspecified atom stereocenters. The molecule has 0 saturated heterocycles. The van der Waals surface area contributed by atoms with Crippen LogP contribution in [0.4, 0.5) is 0 Å². The van der Waals surface area contributed by atoms with Crippen molar-refractivity contribution in [2.24, 2.45) is 0 Å². The van der Waals surface area contributed by atoms with Crippen LogP contribution < -0.4 is 4.74 Å². The van der Waals surface area contributed by atoms with Gasteiger partial charge < -0.3 is 4.74 Å². The zero-order valence-electron chi connectivity index (χ0n) is 16.7. The molecule has 3 nitrogen and oxygen atoms in total. The Morgan fingerprint density at radius 1 is 1.03 bits per heavy atom. The number of thiazole rings is 1. The molecule has 30 heavy (non-hydrogen) atoms. The van der Waals surface area contributed by atoms with Crippen LogP contribution in [0.3, 0.4) is 0 Å². The van der Waals surface area contributed by atoms with Gasteiger partial charge in [-0.15, -0.1) is 11.3 Å². The fourth-order valence-corrected chi connectivity index (χ4v) is 4.24. The molecule has 0 N–H and O–H groups in total. The van der Waals surface area contributed by atoms with Gasteiger partial charge in [-0.3, -0.25) is 0 Å². The van der Waals surface area contributed by atoms with Crippen molar-refractivity contribution in [1.82, 2.24) is 4.98 Å². The number of para-hydroxylation sites is 1. The van der Waals surface area contributed by atoms with E-state index in [4.69, 9.17) is 4.74 Å². The molecule has 0 aliphatic rings. The first-order valence-corrected chi connectivity index (χ1v) is 10.6. The van der Waals surface area contributed by atoms with Gasteiger partial charge >= 0.3 is 5.97 Å². The van der Waals surface area contributed by atoms with Crippen molar-refractivity contribution in [1.29, 1.82) is 0 Å². The molecule has 4 heteroatoms. The number of hydrogen-bond donors (Lipinski definition) is 0. The number of aromatic nitrogens is 1. The van der Waals surface area contributed by atoms with Crippen LogP contribution in [0.5, 0.6) is 5.75 Å². The molecule has 0 amide bonds. The van der Waals surface area contributed by atoms with E-state index in [0.717, 1.165) is 38.9 Å². The van der Waals surface area contributed by atoms with E-state index in [0.29, 0.717) is 5.75 Å². The predicted molar refractivity (Wildman–Crippen MR) is 125 cm³/mol. The van der Waals surface area contributed by atoms with Crippen LogP contribution in [0.1, 0.15) is 30.0 Å². The molecule has 0 bridgehead atoms. The summed E-state index contributed by atoms with van der Waals surface area (Å²) in [6, 6.07) is 24.2. The topological polar surface area (TPSA) is 39.2 Å². The molecule has 148 valence electrons. The molecule has 0 saturated carbocycles. The summed E-state index contributed by atoms with van der Waals surface area (Å²) in [7, 11) is 0. The number of hydrogen-bond acceptors (Lipinski definition) is 4. The number of ether oxygens (including phenoxy) is 1. The fraction of sp³-hybridized carbons (Fsp3) is 0.0769. The number of esters is 1. The minimum atomic E-state index is -0.477. The summed E-state index contributed by atoms with van der Waals surface area (Å²) < 4.78 is 6.74. The van der Waals surface area contributed by atoms with Gasteiger partial charge in [0.05, 0.1) is 15.7 Å². The molecule has 0 atom stereocenters. The summed E-state index contributed by atoms with van der Waals surface area (Å²) in [4.78, 5) is 16.5. The van der Waals surface area contributed by atoms with Crippen LogP contribution in [0.2, 0.25) is 0 Å². The van der Waals surface area contributed by atoms with Crippen LogP contribution in [-0.2, 0) is 4.79 Å². The highest BCUT2D eigenvalue weighted by Gasteiger charge is 2.18. The normalized spacial score (nSPS) is 11.8. The Morgan fingerprint density at radius 3 is 2.57 bits per heavy atom. The summed E-state index contributed by atoms with van der Waals surface area (Å²) in [5, 5.41) is 0. The maximum absolute atomic E-state index is 12.0. The highest BCUT2D eigenvalue weighted by Crippen LogP contribution is 2.39. The van der Waals surface area contributed by atoms with Gasteiger partial charge in [-0.1, -0.05) is 68.1 Å². The second kappa shape index (κ2) is 8.89. The van der Waals surface area contributed by atoms with E-state index in [9.17, 15) is 4.79 Å². The Kier molecular flexibility index (Phi) is 5.87. The van der Waals surface area contributed by atoms with Crippen molar-refractivity contribution in [3.63, 3.8) is 0 Å². The van der Waals surface area contributed by atoms with E-state index in [1.165, 1.54) is 11.6 Å². The monoisotopic (exact) mass is 411 g/mol. The number of carbonyl (C=O) groups excluding carboxylic acids is 1. The summed E-state index contributed by atoms with van der Waals surface area (Å²) >= 11 is 1.62. The molecule has 4 rings (SSSR count). The van der Waals surface area contributed by atoms with E-state index in [-0.39, 0.29) is 0 Å². The van der Waals surface area contributed by atoms with Crippen molar-refractivity contribution in [3.05, 3.63) is 108 Å². The van der Waals surface area contributed by atoms with E-state index in [1.54, 1.807) is 11.3 Å². The van der Waals surface area contributed by atoms with Gasteiger partial charge in [0, 0.05) is 11.6 Å². The number of nitrogens with zero attached hydrogens (tertiary/aromatic N) is 1. The number of rotatable bonds is 6. The van der Waals surface area contributed by atoms with Gasteiger partial charge in [0.15, 0.2) is 0 Å². The van der Waals surface area contributed by atoms with E-state index >= 15 is 0 Å². The SMILES string of the molecule is C=CC(=O)Oc1ccccc1/C(=C(\CC)c1ccccc1)c1ccc2scnc2c1. The lowest BCUT2D eigenvalue weighted by atomic mass is 9.87. The molecule has 0 aliphatic heterocycles. The molecule has 0 fully saturated rings.